The first kappa shape index (κ1) is 17.0. The van der Waals surface area contributed by atoms with E-state index in [-0.39, 0.29) is 6.10 Å². The topological polar surface area (TPSA) is 73.9 Å². The quantitative estimate of drug-likeness (QED) is 0.758. The lowest BCUT2D eigenvalue weighted by Crippen LogP contribution is -2.44. The van der Waals surface area contributed by atoms with Gasteiger partial charge in [-0.05, 0) is 36.8 Å². The molecule has 0 bridgehead atoms. The first-order valence-corrected chi connectivity index (χ1v) is 8.75. The van der Waals surface area contributed by atoms with Crippen molar-refractivity contribution in [2.75, 3.05) is 19.7 Å². The average Bonchev–Trinajstić information content (AvgIpc) is 3.12. The van der Waals surface area contributed by atoms with Crippen LogP contribution >= 0.6 is 0 Å². The fraction of sp³-hybridized carbons (Fsp3) is 0.750. The highest BCUT2D eigenvalue weighted by molar-refractivity contribution is 5.06. The Morgan fingerprint density at radius 1 is 1.29 bits per heavy atom. The van der Waals surface area contributed by atoms with Crippen molar-refractivity contribution in [1.82, 2.24) is 34.9 Å². The summed E-state index contributed by atoms with van der Waals surface area (Å²) in [5.41, 5.74) is 2.23. The van der Waals surface area contributed by atoms with E-state index >= 15 is 0 Å². The van der Waals surface area contributed by atoms with Gasteiger partial charge in [-0.15, -0.1) is 5.10 Å². The fourth-order valence-corrected chi connectivity index (χ4v) is 3.11. The van der Waals surface area contributed by atoms with Crippen molar-refractivity contribution in [2.45, 2.75) is 59.4 Å². The lowest BCUT2D eigenvalue weighted by atomic mass is 10.2. The molecule has 1 fully saturated rings. The van der Waals surface area contributed by atoms with Gasteiger partial charge in [0.2, 0.25) is 0 Å². The minimum absolute atomic E-state index is 0.150. The molecule has 0 spiro atoms. The third-order valence-electron chi connectivity index (χ3n) is 4.40. The van der Waals surface area contributed by atoms with Crippen LogP contribution < -0.4 is 0 Å². The van der Waals surface area contributed by atoms with Gasteiger partial charge in [0, 0.05) is 25.3 Å². The Hall–Kier alpha value is -1.80. The maximum Gasteiger partial charge on any atom is 0.165 e. The lowest BCUT2D eigenvalue weighted by molar-refractivity contribution is -0.0415. The Labute approximate surface area is 142 Å². The van der Waals surface area contributed by atoms with Gasteiger partial charge >= 0.3 is 0 Å². The molecule has 132 valence electrons. The number of nitrogens with zero attached hydrogens (tertiary/aromatic N) is 7. The largest absolute Gasteiger partial charge is 0.374 e. The van der Waals surface area contributed by atoms with Crippen LogP contribution in [0.15, 0.2) is 6.07 Å². The Bertz CT molecular complexity index is 651. The molecular formula is C16H27N7O. The smallest absolute Gasteiger partial charge is 0.165 e. The molecular weight excluding hydrogens is 306 g/mol. The molecule has 2 aromatic rings. The molecule has 24 heavy (non-hydrogen) atoms. The molecule has 1 aliphatic rings. The number of hydrogen-bond acceptors (Lipinski definition) is 6. The molecule has 1 aliphatic heterocycles. The number of rotatable bonds is 7. The van der Waals surface area contributed by atoms with Gasteiger partial charge in [0.1, 0.15) is 0 Å². The Kier molecular flexibility index (Phi) is 5.57. The number of aromatic nitrogens is 6. The second-order valence-corrected chi connectivity index (χ2v) is 6.51. The number of hydrogen-bond donors (Lipinski definition) is 0. The molecule has 1 unspecified atom stereocenters. The SMILES string of the molecule is CCCCn1nnnc1CN1CCOC(Cn2nc(C)cc2C)C1. The van der Waals surface area contributed by atoms with E-state index in [4.69, 9.17) is 4.74 Å². The van der Waals surface area contributed by atoms with E-state index in [1.165, 1.54) is 5.69 Å². The summed E-state index contributed by atoms with van der Waals surface area (Å²) >= 11 is 0. The molecule has 3 rings (SSSR count). The first-order valence-electron chi connectivity index (χ1n) is 8.75. The first-order chi connectivity index (χ1) is 11.7. The normalized spacial score (nSPS) is 19.0. The van der Waals surface area contributed by atoms with Gasteiger partial charge < -0.3 is 4.74 Å². The minimum atomic E-state index is 0.150. The van der Waals surface area contributed by atoms with Crippen molar-refractivity contribution < 1.29 is 4.74 Å². The molecule has 2 aromatic heterocycles. The van der Waals surface area contributed by atoms with Gasteiger partial charge in [0.25, 0.3) is 0 Å². The maximum absolute atomic E-state index is 5.93. The Morgan fingerprint density at radius 2 is 2.17 bits per heavy atom. The predicted octanol–water partition coefficient (Wildman–Crippen LogP) is 1.19. The van der Waals surface area contributed by atoms with Crippen molar-refractivity contribution in [1.29, 1.82) is 0 Å². The monoisotopic (exact) mass is 333 g/mol. The zero-order valence-electron chi connectivity index (χ0n) is 14.9. The van der Waals surface area contributed by atoms with Crippen LogP contribution in [0.1, 0.15) is 37.0 Å². The number of unbranched alkanes of at least 4 members (excludes halogenated alkanes) is 1. The molecule has 1 saturated heterocycles. The number of tetrazole rings is 1. The fourth-order valence-electron chi connectivity index (χ4n) is 3.11. The van der Waals surface area contributed by atoms with Crippen LogP contribution in [0.2, 0.25) is 0 Å². The molecule has 0 saturated carbocycles. The van der Waals surface area contributed by atoms with E-state index in [2.05, 4.69) is 45.4 Å². The van der Waals surface area contributed by atoms with E-state index in [0.29, 0.717) is 0 Å². The second-order valence-electron chi connectivity index (χ2n) is 6.51. The van der Waals surface area contributed by atoms with E-state index in [1.54, 1.807) is 0 Å². The summed E-state index contributed by atoms with van der Waals surface area (Å²) in [6, 6.07) is 2.10. The third kappa shape index (κ3) is 4.18. The van der Waals surface area contributed by atoms with Crippen LogP contribution in [0, 0.1) is 13.8 Å². The molecule has 0 aromatic carbocycles. The van der Waals surface area contributed by atoms with Crippen molar-refractivity contribution in [3.8, 4) is 0 Å². The van der Waals surface area contributed by atoms with Gasteiger partial charge in [-0.1, -0.05) is 13.3 Å². The second kappa shape index (κ2) is 7.85. The highest BCUT2D eigenvalue weighted by Gasteiger charge is 2.23. The van der Waals surface area contributed by atoms with Gasteiger partial charge in [0.15, 0.2) is 5.82 Å². The zero-order chi connectivity index (χ0) is 16.9. The predicted molar refractivity (Wildman–Crippen MR) is 89.4 cm³/mol. The van der Waals surface area contributed by atoms with Crippen LogP contribution in [0.5, 0.6) is 0 Å². The van der Waals surface area contributed by atoms with Crippen molar-refractivity contribution in [3.05, 3.63) is 23.3 Å². The van der Waals surface area contributed by atoms with Crippen LogP contribution in [-0.2, 0) is 24.4 Å². The summed E-state index contributed by atoms with van der Waals surface area (Å²) in [7, 11) is 0. The third-order valence-corrected chi connectivity index (χ3v) is 4.40. The molecule has 8 nitrogen and oxygen atoms in total. The number of ether oxygens (including phenoxy) is 1. The molecule has 1 atom stereocenters. The lowest BCUT2D eigenvalue weighted by Gasteiger charge is -2.32. The number of aryl methyl sites for hydroxylation is 3. The molecule has 0 amide bonds. The van der Waals surface area contributed by atoms with E-state index < -0.39 is 0 Å². The van der Waals surface area contributed by atoms with Crippen molar-refractivity contribution >= 4 is 0 Å². The molecule has 0 radical (unpaired) electrons. The van der Waals surface area contributed by atoms with Crippen LogP contribution in [0.4, 0.5) is 0 Å². The van der Waals surface area contributed by atoms with Crippen LogP contribution in [0.25, 0.3) is 0 Å². The van der Waals surface area contributed by atoms with Crippen molar-refractivity contribution in [3.63, 3.8) is 0 Å². The standard InChI is InChI=1S/C16H27N7O/c1-4-5-6-22-16(17-19-20-22)12-21-7-8-24-15(10-21)11-23-14(3)9-13(2)18-23/h9,15H,4-8,10-12H2,1-3H3. The van der Waals surface area contributed by atoms with E-state index in [9.17, 15) is 0 Å². The summed E-state index contributed by atoms with van der Waals surface area (Å²) in [6.45, 7) is 11.3. The Morgan fingerprint density at radius 3 is 2.92 bits per heavy atom. The van der Waals surface area contributed by atoms with Gasteiger partial charge in [-0.2, -0.15) is 5.10 Å². The van der Waals surface area contributed by atoms with E-state index in [1.807, 2.05) is 16.3 Å². The molecule has 0 aliphatic carbocycles. The van der Waals surface area contributed by atoms with Gasteiger partial charge in [0.05, 0.1) is 31.5 Å². The zero-order valence-corrected chi connectivity index (χ0v) is 14.9. The summed E-state index contributed by atoms with van der Waals surface area (Å²) in [4.78, 5) is 2.37. The molecule has 0 N–H and O–H groups in total. The number of morpholine rings is 1. The van der Waals surface area contributed by atoms with Gasteiger partial charge in [-0.25, -0.2) is 4.68 Å². The summed E-state index contributed by atoms with van der Waals surface area (Å²) < 4.78 is 9.89. The minimum Gasteiger partial charge on any atom is -0.374 e. The van der Waals surface area contributed by atoms with E-state index in [0.717, 1.165) is 63.7 Å². The summed E-state index contributed by atoms with van der Waals surface area (Å²) in [5, 5.41) is 16.7. The average molecular weight is 333 g/mol. The molecule has 3 heterocycles. The van der Waals surface area contributed by atoms with Gasteiger partial charge in [-0.3, -0.25) is 9.58 Å². The van der Waals surface area contributed by atoms with Crippen LogP contribution in [0.3, 0.4) is 0 Å². The maximum atomic E-state index is 5.93. The highest BCUT2D eigenvalue weighted by atomic mass is 16.5. The van der Waals surface area contributed by atoms with Crippen LogP contribution in [-0.4, -0.2) is 60.7 Å². The highest BCUT2D eigenvalue weighted by Crippen LogP contribution is 2.12. The van der Waals surface area contributed by atoms with Crippen molar-refractivity contribution in [2.24, 2.45) is 0 Å². The summed E-state index contributed by atoms with van der Waals surface area (Å²) in [5.74, 6) is 0.940. The Balaban J connectivity index is 1.57. The summed E-state index contributed by atoms with van der Waals surface area (Å²) in [6.07, 6.45) is 2.39. The molecule has 8 heteroatoms.